The van der Waals surface area contributed by atoms with Crippen LogP contribution in [0.1, 0.15) is 37.6 Å². The number of aryl methyl sites for hydroxylation is 2. The van der Waals surface area contributed by atoms with E-state index in [0.29, 0.717) is 0 Å². The van der Waals surface area contributed by atoms with Crippen LogP contribution in [0.15, 0.2) is 0 Å². The fourth-order valence-electron chi connectivity index (χ4n) is 1.99. The highest BCUT2D eigenvalue weighted by Crippen LogP contribution is 2.11. The Morgan fingerprint density at radius 1 is 1.54 bits per heavy atom. The van der Waals surface area contributed by atoms with Gasteiger partial charge in [0.25, 0.3) is 0 Å². The molecule has 2 heterocycles. The smallest absolute Gasteiger partial charge is 0.134 e. The van der Waals surface area contributed by atoms with E-state index in [1.54, 1.807) is 0 Å². The van der Waals surface area contributed by atoms with Gasteiger partial charge in [-0.05, 0) is 12.8 Å². The molecule has 0 radical (unpaired) electrons. The molecular weight excluding hydrogens is 162 g/mol. The molecule has 2 rings (SSSR count). The molecule has 0 atom stereocenters. The van der Waals surface area contributed by atoms with Crippen LogP contribution in [0.3, 0.4) is 0 Å². The Bertz CT molecular complexity index is 301. The number of rotatable bonds is 3. The Kier molecular flexibility index (Phi) is 2.34. The second-order valence-electron chi connectivity index (χ2n) is 3.82. The molecule has 3 nitrogen and oxygen atoms in total. The summed E-state index contributed by atoms with van der Waals surface area (Å²) < 4.78 is 4.34. The summed E-state index contributed by atoms with van der Waals surface area (Å²) in [4.78, 5) is 0. The van der Waals surface area contributed by atoms with Gasteiger partial charge in [0.1, 0.15) is 13.1 Å². The van der Waals surface area contributed by atoms with Crippen molar-refractivity contribution in [3.8, 4) is 0 Å². The van der Waals surface area contributed by atoms with Crippen molar-refractivity contribution in [1.29, 1.82) is 0 Å². The zero-order chi connectivity index (χ0) is 9.26. The summed E-state index contributed by atoms with van der Waals surface area (Å²) in [6.07, 6.45) is 4.98. The van der Waals surface area contributed by atoms with Crippen LogP contribution in [-0.2, 0) is 19.5 Å². The summed E-state index contributed by atoms with van der Waals surface area (Å²) in [5.41, 5.74) is 2.84. The summed E-state index contributed by atoms with van der Waals surface area (Å²) in [6, 6.07) is 0. The summed E-state index contributed by atoms with van der Waals surface area (Å²) in [7, 11) is 0. The van der Waals surface area contributed by atoms with Crippen molar-refractivity contribution in [3.05, 3.63) is 11.4 Å². The third-order valence-corrected chi connectivity index (χ3v) is 2.84. The summed E-state index contributed by atoms with van der Waals surface area (Å²) >= 11 is 0. The van der Waals surface area contributed by atoms with Crippen molar-refractivity contribution in [1.82, 2.24) is 9.90 Å². The maximum absolute atomic E-state index is 4.56. The van der Waals surface area contributed by atoms with Crippen LogP contribution >= 0.6 is 0 Å². The molecular formula is C10H18N3+. The third-order valence-electron chi connectivity index (χ3n) is 2.84. The molecule has 1 aliphatic rings. The predicted octanol–water partition coefficient (Wildman–Crippen LogP) is 1.23. The fraction of sp³-hybridized carbons (Fsp3) is 0.800. The van der Waals surface area contributed by atoms with Gasteiger partial charge in [-0.2, -0.15) is 0 Å². The molecule has 0 spiro atoms. The van der Waals surface area contributed by atoms with Crippen LogP contribution < -0.4 is 4.68 Å². The minimum atomic E-state index is 1.09. The Labute approximate surface area is 79.4 Å². The van der Waals surface area contributed by atoms with Gasteiger partial charge in [0.15, 0.2) is 11.4 Å². The van der Waals surface area contributed by atoms with Gasteiger partial charge in [-0.3, -0.25) is 0 Å². The van der Waals surface area contributed by atoms with E-state index in [9.17, 15) is 0 Å². The van der Waals surface area contributed by atoms with Crippen LogP contribution in [0.2, 0.25) is 0 Å². The lowest BCUT2D eigenvalue weighted by Crippen LogP contribution is -2.35. The van der Waals surface area contributed by atoms with Gasteiger partial charge in [-0.15, -0.1) is 9.36 Å². The molecule has 1 aliphatic heterocycles. The zero-order valence-electron chi connectivity index (χ0n) is 8.58. The minimum Gasteiger partial charge on any atom is -0.134 e. The molecule has 0 aromatic carbocycles. The number of fused-ring (bicyclic) bond motifs is 1. The molecule has 1 aromatic heterocycles. The quantitative estimate of drug-likeness (QED) is 0.641. The first kappa shape index (κ1) is 8.73. The Hall–Kier alpha value is -0.860. The lowest BCUT2D eigenvalue weighted by atomic mass is 10.2. The van der Waals surface area contributed by atoms with Gasteiger partial charge in [-0.25, -0.2) is 0 Å². The second-order valence-corrected chi connectivity index (χ2v) is 3.82. The molecule has 1 aromatic rings. The molecule has 0 unspecified atom stereocenters. The summed E-state index contributed by atoms with van der Waals surface area (Å²) in [6.45, 7) is 6.62. The van der Waals surface area contributed by atoms with Crippen LogP contribution in [0.4, 0.5) is 0 Å². The van der Waals surface area contributed by atoms with E-state index in [-0.39, 0.29) is 0 Å². The normalized spacial score (nSPS) is 14.9. The molecule has 0 saturated heterocycles. The highest BCUT2D eigenvalue weighted by molar-refractivity contribution is 5.04. The highest BCUT2D eigenvalue weighted by Gasteiger charge is 2.25. The van der Waals surface area contributed by atoms with Gasteiger partial charge >= 0.3 is 0 Å². The van der Waals surface area contributed by atoms with Gasteiger partial charge < -0.3 is 0 Å². The van der Waals surface area contributed by atoms with Gasteiger partial charge in [0, 0.05) is 13.3 Å². The molecule has 3 heteroatoms. The van der Waals surface area contributed by atoms with Crippen LogP contribution in [-0.4, -0.2) is 9.90 Å². The lowest BCUT2D eigenvalue weighted by molar-refractivity contribution is -0.749. The minimum absolute atomic E-state index is 1.09. The van der Waals surface area contributed by atoms with Gasteiger partial charge in [0.05, 0.1) is 5.21 Å². The molecule has 0 aliphatic carbocycles. The molecule has 0 bridgehead atoms. The highest BCUT2D eigenvalue weighted by atomic mass is 15.5. The molecule has 0 fully saturated rings. The van der Waals surface area contributed by atoms with Crippen molar-refractivity contribution >= 4 is 0 Å². The van der Waals surface area contributed by atoms with E-state index >= 15 is 0 Å². The fourth-order valence-corrected chi connectivity index (χ4v) is 1.99. The largest absolute Gasteiger partial charge is 0.170 e. The first-order valence-electron chi connectivity index (χ1n) is 5.29. The van der Waals surface area contributed by atoms with Crippen molar-refractivity contribution in [2.75, 3.05) is 0 Å². The van der Waals surface area contributed by atoms with Crippen molar-refractivity contribution in [2.45, 2.75) is 52.6 Å². The average molecular weight is 180 g/mol. The maximum Gasteiger partial charge on any atom is 0.170 e. The molecule has 0 amide bonds. The number of hydrogen-bond donors (Lipinski definition) is 0. The van der Waals surface area contributed by atoms with E-state index in [1.807, 2.05) is 0 Å². The number of aromatic nitrogens is 3. The molecule has 0 saturated carbocycles. The van der Waals surface area contributed by atoms with Gasteiger partial charge in [-0.1, -0.05) is 13.3 Å². The zero-order valence-corrected chi connectivity index (χ0v) is 8.58. The monoisotopic (exact) mass is 180 g/mol. The van der Waals surface area contributed by atoms with Crippen LogP contribution in [0.25, 0.3) is 0 Å². The lowest BCUT2D eigenvalue weighted by Gasteiger charge is -1.93. The summed E-state index contributed by atoms with van der Waals surface area (Å²) in [5, 5.41) is 4.56. The molecule has 13 heavy (non-hydrogen) atoms. The van der Waals surface area contributed by atoms with Crippen molar-refractivity contribution in [3.63, 3.8) is 0 Å². The van der Waals surface area contributed by atoms with E-state index in [0.717, 1.165) is 13.1 Å². The Morgan fingerprint density at radius 2 is 2.38 bits per heavy atom. The second kappa shape index (κ2) is 3.48. The predicted molar refractivity (Wildman–Crippen MR) is 50.4 cm³/mol. The van der Waals surface area contributed by atoms with E-state index in [1.165, 1.54) is 37.1 Å². The Morgan fingerprint density at radius 3 is 3.08 bits per heavy atom. The topological polar surface area (TPSA) is 21.7 Å². The van der Waals surface area contributed by atoms with Crippen LogP contribution in [0, 0.1) is 6.92 Å². The first-order valence-corrected chi connectivity index (χ1v) is 5.29. The standard InChI is InChI=1S/C10H18N3/c1-3-4-7-12-9(2)10-6-5-8-13(10)11-12/h3-8H2,1-2H3/q+1. The van der Waals surface area contributed by atoms with E-state index < -0.39 is 0 Å². The SMILES string of the molecule is CCCCn1n[n+]2c(c1C)CCC2. The number of unbranched alkanes of at least 4 members (excludes halogenated alkanes) is 1. The number of hydrogen-bond acceptors (Lipinski definition) is 1. The number of nitrogens with zero attached hydrogens (tertiary/aromatic N) is 3. The molecule has 0 N–H and O–H groups in total. The van der Waals surface area contributed by atoms with E-state index in [2.05, 4.69) is 28.4 Å². The Balaban J connectivity index is 2.18. The third kappa shape index (κ3) is 1.47. The average Bonchev–Trinajstić information content (AvgIpc) is 2.67. The van der Waals surface area contributed by atoms with E-state index in [4.69, 9.17) is 0 Å². The first-order chi connectivity index (χ1) is 6.33. The molecule has 72 valence electrons. The van der Waals surface area contributed by atoms with Crippen molar-refractivity contribution in [2.24, 2.45) is 0 Å². The van der Waals surface area contributed by atoms with Crippen LogP contribution in [0.5, 0.6) is 0 Å². The van der Waals surface area contributed by atoms with Crippen molar-refractivity contribution < 1.29 is 4.68 Å². The van der Waals surface area contributed by atoms with Gasteiger partial charge in [0.2, 0.25) is 0 Å². The summed E-state index contributed by atoms with van der Waals surface area (Å²) in [5.74, 6) is 0. The maximum atomic E-state index is 4.56.